The lowest BCUT2D eigenvalue weighted by Gasteiger charge is -1.89. The van der Waals surface area contributed by atoms with Crippen molar-refractivity contribution in [2.45, 2.75) is 12.5 Å². The Bertz CT molecular complexity index is 39.2. The molecule has 1 fully saturated rings. The van der Waals surface area contributed by atoms with Crippen molar-refractivity contribution in [3.63, 3.8) is 0 Å². The molecule has 0 saturated heterocycles. The molecule has 1 rings (SSSR count). The fourth-order valence-corrected chi connectivity index (χ4v) is 0.343. The van der Waals surface area contributed by atoms with Crippen LogP contribution in [0.25, 0.3) is 0 Å². The van der Waals surface area contributed by atoms with Gasteiger partial charge in [-0.2, -0.15) is 0 Å². The van der Waals surface area contributed by atoms with Crippen molar-refractivity contribution in [3.8, 4) is 0 Å². The molecule has 2 radical (unpaired) electrons. The van der Waals surface area contributed by atoms with E-state index in [9.17, 15) is 0 Å². The van der Waals surface area contributed by atoms with Gasteiger partial charge in [-0.15, -0.1) is 0 Å². The van der Waals surface area contributed by atoms with Crippen molar-refractivity contribution in [2.24, 2.45) is 0 Å². The van der Waals surface area contributed by atoms with E-state index < -0.39 is 0 Å². The van der Waals surface area contributed by atoms with E-state index in [0.717, 1.165) is 6.42 Å². The van der Waals surface area contributed by atoms with Crippen LogP contribution in [0, 0.1) is 13.3 Å². The lowest BCUT2D eigenvalue weighted by molar-refractivity contribution is 0.153. The topological polar surface area (TPSA) is 9.23 Å². The molecule has 0 N–H and O–H groups in total. The molecule has 0 spiro atoms. The Balaban J connectivity index is 1.88. The van der Waals surface area contributed by atoms with Crippen molar-refractivity contribution in [1.82, 2.24) is 0 Å². The summed E-state index contributed by atoms with van der Waals surface area (Å²) in [5, 5.41) is 0. The zero-order valence-electron chi connectivity index (χ0n) is 3.68. The highest BCUT2D eigenvalue weighted by Gasteiger charge is 2.21. The van der Waals surface area contributed by atoms with E-state index >= 15 is 0 Å². The maximum atomic E-state index is 4.99. The quantitative estimate of drug-likeness (QED) is 0.481. The first-order chi connectivity index (χ1) is 2.93. The zero-order chi connectivity index (χ0) is 4.41. The fraction of sp³-hybridized carbons (Fsp3) is 0.600. The lowest BCUT2D eigenvalue weighted by atomic mass is 10.8. The van der Waals surface area contributed by atoms with Crippen LogP contribution in [-0.2, 0) is 4.74 Å². The van der Waals surface area contributed by atoms with E-state index in [0.29, 0.717) is 12.7 Å². The molecule has 1 unspecified atom stereocenters. The van der Waals surface area contributed by atoms with Crippen molar-refractivity contribution in [2.75, 3.05) is 6.61 Å². The molecule has 0 aromatic heterocycles. The van der Waals surface area contributed by atoms with E-state index in [1.165, 1.54) is 0 Å². The van der Waals surface area contributed by atoms with Crippen LogP contribution in [-0.4, -0.2) is 12.7 Å². The van der Waals surface area contributed by atoms with Gasteiger partial charge in [0, 0.05) is 6.61 Å². The van der Waals surface area contributed by atoms with Gasteiger partial charge in [-0.25, -0.2) is 0 Å². The number of rotatable bonds is 2. The summed E-state index contributed by atoms with van der Waals surface area (Å²) < 4.78 is 4.99. The minimum atomic E-state index is 0.461. The van der Waals surface area contributed by atoms with Crippen LogP contribution >= 0.6 is 0 Å². The average Bonchev–Trinajstić information content (AvgIpc) is 2.21. The molecule has 0 aromatic rings. The van der Waals surface area contributed by atoms with Crippen LogP contribution in [0.1, 0.15) is 6.42 Å². The molecule has 6 heavy (non-hydrogen) atoms. The fourth-order valence-electron chi connectivity index (χ4n) is 0.343. The third kappa shape index (κ3) is 0.977. The Morgan fingerprint density at radius 2 is 2.67 bits per heavy atom. The second kappa shape index (κ2) is 1.61. The van der Waals surface area contributed by atoms with Crippen LogP contribution < -0.4 is 0 Å². The zero-order valence-corrected chi connectivity index (χ0v) is 3.68. The van der Waals surface area contributed by atoms with Crippen molar-refractivity contribution < 1.29 is 4.74 Å². The smallest absolute Gasteiger partial charge is 0.0611 e. The number of hydrogen-bond donors (Lipinski definition) is 0. The molecule has 1 saturated carbocycles. The van der Waals surface area contributed by atoms with Crippen molar-refractivity contribution in [3.05, 3.63) is 13.3 Å². The highest BCUT2D eigenvalue weighted by atomic mass is 16.5. The van der Waals surface area contributed by atoms with Crippen LogP contribution in [0.2, 0.25) is 0 Å². The summed E-state index contributed by atoms with van der Waals surface area (Å²) >= 11 is 0. The van der Waals surface area contributed by atoms with Gasteiger partial charge in [0.2, 0.25) is 0 Å². The highest BCUT2D eigenvalue weighted by Crippen LogP contribution is 2.20. The molecule has 1 heteroatoms. The molecule has 1 atom stereocenters. The summed E-state index contributed by atoms with van der Waals surface area (Å²) in [6.45, 7) is 4.14. The average molecular weight is 84.1 g/mol. The Labute approximate surface area is 38.3 Å². The van der Waals surface area contributed by atoms with E-state index in [1.54, 1.807) is 0 Å². The van der Waals surface area contributed by atoms with Gasteiger partial charge in [0.25, 0.3) is 0 Å². The Kier molecular flexibility index (Phi) is 1.10. The van der Waals surface area contributed by atoms with Crippen molar-refractivity contribution >= 4 is 0 Å². The first kappa shape index (κ1) is 4.13. The predicted octanol–water partition coefficient (Wildman–Crippen LogP) is 0.814. The summed E-state index contributed by atoms with van der Waals surface area (Å²) in [7, 11) is 0. The first-order valence-corrected chi connectivity index (χ1v) is 2.17. The molecule has 0 bridgehead atoms. The number of hydrogen-bond acceptors (Lipinski definition) is 1. The molecule has 0 aliphatic heterocycles. The third-order valence-electron chi connectivity index (χ3n) is 0.760. The molecule has 1 aliphatic carbocycles. The molecule has 0 heterocycles. The molecule has 0 amide bonds. The van der Waals surface area contributed by atoms with Gasteiger partial charge in [0.1, 0.15) is 0 Å². The maximum absolute atomic E-state index is 4.99. The van der Waals surface area contributed by atoms with E-state index in [-0.39, 0.29) is 0 Å². The van der Waals surface area contributed by atoms with Gasteiger partial charge < -0.3 is 4.74 Å². The molecule has 0 aromatic carbocycles. The molecular weight excluding hydrogens is 76.1 g/mol. The lowest BCUT2D eigenvalue weighted by Crippen LogP contribution is -1.89. The SMILES string of the molecule is [CH2]COC1[CH]C1. The van der Waals surface area contributed by atoms with Gasteiger partial charge in [0.15, 0.2) is 0 Å². The maximum Gasteiger partial charge on any atom is 0.0611 e. The van der Waals surface area contributed by atoms with Gasteiger partial charge in [0.05, 0.1) is 6.10 Å². The second-order valence-corrected chi connectivity index (χ2v) is 1.38. The Morgan fingerprint density at radius 3 is 2.83 bits per heavy atom. The minimum absolute atomic E-state index is 0.461. The van der Waals surface area contributed by atoms with Crippen LogP contribution in [0.3, 0.4) is 0 Å². The summed E-state index contributed by atoms with van der Waals surface area (Å²) in [5.74, 6) is 0. The van der Waals surface area contributed by atoms with E-state index in [2.05, 4.69) is 13.3 Å². The van der Waals surface area contributed by atoms with E-state index in [1.807, 2.05) is 0 Å². The summed E-state index contributed by atoms with van der Waals surface area (Å²) in [4.78, 5) is 0. The van der Waals surface area contributed by atoms with E-state index in [4.69, 9.17) is 4.74 Å². The second-order valence-electron chi connectivity index (χ2n) is 1.38. The summed E-state index contributed by atoms with van der Waals surface area (Å²) in [6, 6.07) is 0. The normalized spacial score (nSPS) is 21.5. The minimum Gasteiger partial charge on any atom is -0.378 e. The van der Waals surface area contributed by atoms with Crippen LogP contribution in [0.15, 0.2) is 0 Å². The van der Waals surface area contributed by atoms with Crippen molar-refractivity contribution in [1.29, 1.82) is 0 Å². The summed E-state index contributed by atoms with van der Waals surface area (Å²) in [6.07, 6.45) is 3.71. The van der Waals surface area contributed by atoms with Gasteiger partial charge >= 0.3 is 0 Å². The largest absolute Gasteiger partial charge is 0.378 e. The molecule has 1 nitrogen and oxygen atoms in total. The monoisotopic (exact) mass is 84.1 g/mol. The Morgan fingerprint density at radius 1 is 2.00 bits per heavy atom. The standard InChI is InChI=1S/C5H8O/c1-2-6-5-3-4-5/h3,5H,1-2,4H2. The third-order valence-corrected chi connectivity index (χ3v) is 0.760. The Hall–Kier alpha value is -0.0400. The van der Waals surface area contributed by atoms with Crippen LogP contribution in [0.4, 0.5) is 0 Å². The van der Waals surface area contributed by atoms with Gasteiger partial charge in [-0.3, -0.25) is 0 Å². The molecular formula is C5H8O. The molecule has 34 valence electrons. The van der Waals surface area contributed by atoms with Crippen LogP contribution in [0.5, 0.6) is 0 Å². The predicted molar refractivity (Wildman–Crippen MR) is 24.0 cm³/mol. The number of ether oxygens (including phenoxy) is 1. The van der Waals surface area contributed by atoms with Gasteiger partial charge in [-0.05, 0) is 19.8 Å². The molecule has 1 aliphatic rings. The first-order valence-electron chi connectivity index (χ1n) is 2.17. The van der Waals surface area contributed by atoms with Gasteiger partial charge in [-0.1, -0.05) is 0 Å². The summed E-state index contributed by atoms with van der Waals surface area (Å²) in [5.41, 5.74) is 0. The highest BCUT2D eigenvalue weighted by molar-refractivity contribution is 4.96.